The largest absolute Gasteiger partial charge is 0.411 e. The van der Waals surface area contributed by atoms with Crippen LogP contribution in [0.4, 0.5) is 0 Å². The van der Waals surface area contributed by atoms with Gasteiger partial charge in [0, 0.05) is 40.4 Å². The van der Waals surface area contributed by atoms with Gasteiger partial charge < -0.3 is 59.5 Å². The second-order valence-electron chi connectivity index (χ2n) is 10.4. The monoisotopic (exact) mass is 742 g/mol. The van der Waals surface area contributed by atoms with Crippen molar-refractivity contribution in [3.05, 3.63) is 71.8 Å². The molecule has 2 atom stereocenters. The molecule has 4 rings (SSSR count). The molecule has 0 bridgehead atoms. The number of hydrogen-bond acceptors (Lipinski definition) is 8. The summed E-state index contributed by atoms with van der Waals surface area (Å²) in [5.41, 5.74) is 1.21. The summed E-state index contributed by atoms with van der Waals surface area (Å²) in [6.45, 7) is 4.99. The molecule has 6 nitrogen and oxygen atoms in total. The number of sulfone groups is 2. The number of rotatable bonds is 6. The summed E-state index contributed by atoms with van der Waals surface area (Å²) in [6, 6.07) is 19.7. The Morgan fingerprint density at radius 1 is 0.718 bits per heavy atom. The van der Waals surface area contributed by atoms with Crippen molar-refractivity contribution < 1.29 is 44.1 Å². The second-order valence-corrected chi connectivity index (χ2v) is 16.8. The molecule has 0 aromatic heterocycles. The summed E-state index contributed by atoms with van der Waals surface area (Å²) in [4.78, 5) is 3.75. The third-order valence-electron chi connectivity index (χ3n) is 7.08. The Labute approximate surface area is 275 Å². The molecule has 0 amide bonds. The fourth-order valence-electron chi connectivity index (χ4n) is 4.90. The molecule has 0 N–H and O–H groups in total. The van der Waals surface area contributed by atoms with Crippen molar-refractivity contribution in [3.63, 3.8) is 0 Å². The molecule has 39 heavy (non-hydrogen) atoms. The van der Waals surface area contributed by atoms with Crippen LogP contribution in [-0.4, -0.2) is 69.4 Å². The second kappa shape index (κ2) is 14.1. The standard InChI is InChI=1S/2C13H17NO2S3.Cd/c2*1-13(7-8-19(15,16)10-13)14(12(17)18)9-11-5-3-2-4-6-11;/h2*2-6H,7-10H2,1H3,(H,17,18);/p-2. The maximum Gasteiger partial charge on any atom is 0.152 e. The first-order valence-corrected chi connectivity index (χ1v) is 17.4. The zero-order valence-corrected chi connectivity index (χ0v) is 31.0. The van der Waals surface area contributed by atoms with Crippen LogP contribution in [0.3, 0.4) is 0 Å². The van der Waals surface area contributed by atoms with Gasteiger partial charge >= 0.3 is 0 Å². The van der Waals surface area contributed by atoms with Gasteiger partial charge in [0.1, 0.15) is 0 Å². The first-order chi connectivity index (χ1) is 17.6. The van der Waals surface area contributed by atoms with Gasteiger partial charge in [0.05, 0.1) is 34.1 Å². The first kappa shape index (κ1) is 34.7. The molecule has 0 saturated carbocycles. The maximum absolute atomic E-state index is 11.7. The molecule has 2 saturated heterocycles. The zero-order valence-electron chi connectivity index (χ0n) is 22.1. The van der Waals surface area contributed by atoms with Gasteiger partial charge in [-0.05, 0) is 37.8 Å². The Bertz CT molecular complexity index is 1250. The van der Waals surface area contributed by atoms with Crippen molar-refractivity contribution in [1.29, 1.82) is 0 Å². The van der Waals surface area contributed by atoms with Gasteiger partial charge in [0.2, 0.25) is 0 Å². The van der Waals surface area contributed by atoms with Crippen LogP contribution in [0, 0.1) is 0 Å². The van der Waals surface area contributed by atoms with E-state index in [-0.39, 0.29) is 50.3 Å². The van der Waals surface area contributed by atoms with Crippen molar-refractivity contribution in [2.24, 2.45) is 0 Å². The molecule has 210 valence electrons. The Morgan fingerprint density at radius 3 is 1.26 bits per heavy atom. The molecule has 2 unspecified atom stereocenters. The van der Waals surface area contributed by atoms with E-state index in [2.05, 4.69) is 0 Å². The Balaban J connectivity index is 0.000000267. The average molecular weight is 741 g/mol. The summed E-state index contributed by atoms with van der Waals surface area (Å²) in [5.74, 6) is 0.687. The summed E-state index contributed by atoms with van der Waals surface area (Å²) in [6.07, 6.45) is 1.16. The number of nitrogens with zero attached hydrogens (tertiary/aromatic N) is 2. The first-order valence-electron chi connectivity index (χ1n) is 12.1. The molecule has 13 heteroatoms. The SMILES string of the molecule is CC1(N(Cc2ccccc2)C(=S)[S-])CCS(=O)(=O)C1.CC1(N(Cc2ccccc2)C(=S)[S-])CCS(=O)(=O)C1.[Cd]. The number of hydrogen-bond donors (Lipinski definition) is 0. The minimum atomic E-state index is -2.97. The van der Waals surface area contributed by atoms with Crippen LogP contribution >= 0.6 is 24.4 Å². The van der Waals surface area contributed by atoms with Crippen LogP contribution in [0.15, 0.2) is 60.7 Å². The Hall–Kier alpha value is -0.518. The number of thiocarbonyl (C=S) groups is 2. The molecule has 2 aromatic rings. The predicted octanol–water partition coefficient (Wildman–Crippen LogP) is 3.79. The Morgan fingerprint density at radius 2 is 1.03 bits per heavy atom. The average Bonchev–Trinajstić information content (AvgIpc) is 3.30. The molecule has 0 radical (unpaired) electrons. The van der Waals surface area contributed by atoms with Crippen LogP contribution in [0.25, 0.3) is 0 Å². The topological polar surface area (TPSA) is 74.8 Å². The van der Waals surface area contributed by atoms with E-state index >= 15 is 0 Å². The smallest absolute Gasteiger partial charge is 0.152 e. The molecule has 2 aromatic carbocycles. The van der Waals surface area contributed by atoms with Crippen LogP contribution in [0.1, 0.15) is 37.8 Å². The van der Waals surface area contributed by atoms with Gasteiger partial charge in [0.15, 0.2) is 19.7 Å². The van der Waals surface area contributed by atoms with Gasteiger partial charge in [-0.3, -0.25) is 0 Å². The third-order valence-corrected chi connectivity index (χ3v) is 11.7. The van der Waals surface area contributed by atoms with E-state index in [0.717, 1.165) is 11.1 Å². The van der Waals surface area contributed by atoms with E-state index < -0.39 is 30.8 Å². The van der Waals surface area contributed by atoms with E-state index in [1.807, 2.05) is 84.3 Å². The summed E-state index contributed by atoms with van der Waals surface area (Å²) >= 11 is 20.6. The summed E-state index contributed by atoms with van der Waals surface area (Å²) in [5, 5.41) is 0. The maximum atomic E-state index is 11.7. The van der Waals surface area contributed by atoms with Crippen LogP contribution in [-0.2, 0) is 85.3 Å². The van der Waals surface area contributed by atoms with E-state index in [1.54, 1.807) is 0 Å². The van der Waals surface area contributed by atoms with Gasteiger partial charge in [-0.25, -0.2) is 16.8 Å². The molecule has 2 aliphatic heterocycles. The molecule has 0 spiro atoms. The zero-order chi connectivity index (χ0) is 28.2. The van der Waals surface area contributed by atoms with Crippen molar-refractivity contribution in [2.45, 2.75) is 50.9 Å². The molecular formula is C26H32CdN2O4S6-2. The fraction of sp³-hybridized carbons (Fsp3) is 0.462. The molecule has 2 aliphatic rings. The van der Waals surface area contributed by atoms with Crippen LogP contribution in [0.5, 0.6) is 0 Å². The molecule has 2 fully saturated rings. The van der Waals surface area contributed by atoms with E-state index in [4.69, 9.17) is 49.7 Å². The van der Waals surface area contributed by atoms with Crippen LogP contribution in [0.2, 0.25) is 0 Å². The minimum absolute atomic E-state index is 0. The van der Waals surface area contributed by atoms with Crippen LogP contribution < -0.4 is 0 Å². The van der Waals surface area contributed by atoms with E-state index in [1.165, 1.54) is 0 Å². The van der Waals surface area contributed by atoms with E-state index in [0.29, 0.717) is 34.6 Å². The molecular weight excluding hydrogens is 709 g/mol. The molecule has 2 heterocycles. The van der Waals surface area contributed by atoms with Gasteiger partial charge in [0.25, 0.3) is 0 Å². The van der Waals surface area contributed by atoms with Gasteiger partial charge in [-0.2, -0.15) is 0 Å². The number of benzene rings is 2. The summed E-state index contributed by atoms with van der Waals surface area (Å²) in [7, 11) is -5.94. The Kier molecular flexibility index (Phi) is 12.5. The summed E-state index contributed by atoms with van der Waals surface area (Å²) < 4.78 is 47.6. The predicted molar refractivity (Wildman–Crippen MR) is 167 cm³/mol. The van der Waals surface area contributed by atoms with Gasteiger partial charge in [-0.1, -0.05) is 69.3 Å². The van der Waals surface area contributed by atoms with Crippen molar-refractivity contribution >= 4 is 78.0 Å². The fourth-order valence-corrected chi connectivity index (χ4v) is 10.3. The van der Waals surface area contributed by atoms with Crippen molar-refractivity contribution in [3.8, 4) is 0 Å². The van der Waals surface area contributed by atoms with Crippen molar-refractivity contribution in [2.75, 3.05) is 23.0 Å². The normalized spacial score (nSPS) is 24.5. The minimum Gasteiger partial charge on any atom is -0.411 e. The van der Waals surface area contributed by atoms with Crippen molar-refractivity contribution in [1.82, 2.24) is 9.80 Å². The third kappa shape index (κ3) is 9.77. The van der Waals surface area contributed by atoms with E-state index in [9.17, 15) is 16.8 Å². The molecule has 0 aliphatic carbocycles. The quantitative estimate of drug-likeness (QED) is 0.248. The van der Waals surface area contributed by atoms with Gasteiger partial charge in [-0.15, -0.1) is 0 Å².